The Morgan fingerprint density at radius 2 is 1.61 bits per heavy atom. The number of ether oxygens (including phenoxy) is 1. The number of hydrogen-bond acceptors (Lipinski definition) is 5. The second kappa shape index (κ2) is 9.84. The van der Waals surface area contributed by atoms with E-state index in [4.69, 9.17) is 4.74 Å². The first-order valence-electron chi connectivity index (χ1n) is 11.3. The van der Waals surface area contributed by atoms with Crippen LogP contribution in [0.1, 0.15) is 22.9 Å². The van der Waals surface area contributed by atoms with Gasteiger partial charge in [0.15, 0.2) is 0 Å². The molecule has 0 bridgehead atoms. The zero-order chi connectivity index (χ0) is 25.1. The van der Waals surface area contributed by atoms with Gasteiger partial charge in [-0.15, -0.1) is 0 Å². The molecule has 3 aromatic carbocycles. The van der Waals surface area contributed by atoms with Crippen molar-refractivity contribution >= 4 is 17.4 Å². The Bertz CT molecular complexity index is 1440. The maximum absolute atomic E-state index is 13.5. The Morgan fingerprint density at radius 3 is 2.33 bits per heavy atom. The van der Waals surface area contributed by atoms with E-state index in [9.17, 15) is 19.1 Å². The van der Waals surface area contributed by atoms with E-state index < -0.39 is 23.5 Å². The molecule has 178 valence electrons. The molecule has 7 heteroatoms. The number of carbonyl (C=O) groups excluding carboxylic acids is 2. The largest absolute Gasteiger partial charge is 0.507 e. The summed E-state index contributed by atoms with van der Waals surface area (Å²) < 4.78 is 19.4. The fourth-order valence-electron chi connectivity index (χ4n) is 4.19. The standard InChI is InChI=1S/C29H21FN2O4/c30-21-14-12-19(13-15-21)27(33)25-26(32(29(35)28(25)34)18-22-8-4-5-16-31-22)20-7-6-11-24(17-20)36-23-9-2-1-3-10-23/h1-17,26,33H,18H2/b27-25-. The van der Waals surface area contributed by atoms with Gasteiger partial charge in [0, 0.05) is 11.8 Å². The smallest absolute Gasteiger partial charge is 0.296 e. The Morgan fingerprint density at radius 1 is 0.889 bits per heavy atom. The molecule has 36 heavy (non-hydrogen) atoms. The van der Waals surface area contributed by atoms with Gasteiger partial charge < -0.3 is 14.7 Å². The molecule has 1 saturated heterocycles. The molecule has 1 fully saturated rings. The number of rotatable bonds is 6. The SMILES string of the molecule is O=C1C(=O)N(Cc2ccccn2)C(c2cccc(Oc3ccccc3)c2)/C1=C(/O)c1ccc(F)cc1. The van der Waals surface area contributed by atoms with Crippen LogP contribution in [0.5, 0.6) is 11.5 Å². The van der Waals surface area contributed by atoms with Crippen LogP contribution in [0, 0.1) is 5.82 Å². The molecule has 1 aliphatic rings. The summed E-state index contributed by atoms with van der Waals surface area (Å²) in [5.74, 6) is -1.32. The molecule has 1 N–H and O–H groups in total. The van der Waals surface area contributed by atoms with Crippen LogP contribution in [-0.4, -0.2) is 26.7 Å². The predicted octanol–water partition coefficient (Wildman–Crippen LogP) is 5.63. The summed E-state index contributed by atoms with van der Waals surface area (Å²) >= 11 is 0. The zero-order valence-corrected chi connectivity index (χ0v) is 19.0. The number of likely N-dealkylation sites (tertiary alicyclic amines) is 1. The molecule has 4 aromatic rings. The molecule has 0 saturated carbocycles. The average molecular weight is 480 g/mol. The van der Waals surface area contributed by atoms with E-state index in [1.54, 1.807) is 48.7 Å². The van der Waals surface area contributed by atoms with Crippen LogP contribution < -0.4 is 4.74 Å². The summed E-state index contributed by atoms with van der Waals surface area (Å²) in [5.41, 5.74) is 1.30. The minimum Gasteiger partial charge on any atom is -0.507 e. The molecule has 0 aliphatic carbocycles. The summed E-state index contributed by atoms with van der Waals surface area (Å²) in [7, 11) is 0. The quantitative estimate of drug-likeness (QED) is 0.220. The van der Waals surface area contributed by atoms with Crippen molar-refractivity contribution in [2.24, 2.45) is 0 Å². The highest BCUT2D eigenvalue weighted by atomic mass is 19.1. The first-order chi connectivity index (χ1) is 17.5. The summed E-state index contributed by atoms with van der Waals surface area (Å²) in [4.78, 5) is 32.1. The number of aromatic nitrogens is 1. The van der Waals surface area contributed by atoms with Gasteiger partial charge in [0.05, 0.1) is 23.9 Å². The van der Waals surface area contributed by atoms with Crippen LogP contribution in [0.3, 0.4) is 0 Å². The Kier molecular flexibility index (Phi) is 6.28. The second-order valence-corrected chi connectivity index (χ2v) is 8.24. The van der Waals surface area contributed by atoms with Crippen molar-refractivity contribution < 1.29 is 23.8 Å². The lowest BCUT2D eigenvalue weighted by molar-refractivity contribution is -0.140. The number of carbonyl (C=O) groups is 2. The third kappa shape index (κ3) is 4.59. The van der Waals surface area contributed by atoms with Gasteiger partial charge >= 0.3 is 0 Å². The van der Waals surface area contributed by atoms with E-state index in [-0.39, 0.29) is 23.4 Å². The summed E-state index contributed by atoms with van der Waals surface area (Å²) in [5, 5.41) is 11.1. The molecular weight excluding hydrogens is 459 g/mol. The number of benzene rings is 3. The summed E-state index contributed by atoms with van der Waals surface area (Å²) in [6.07, 6.45) is 1.60. The molecule has 1 aromatic heterocycles. The van der Waals surface area contributed by atoms with Crippen molar-refractivity contribution in [1.29, 1.82) is 0 Å². The van der Waals surface area contributed by atoms with E-state index >= 15 is 0 Å². The Hall–Kier alpha value is -4.78. The summed E-state index contributed by atoms with van der Waals surface area (Å²) in [6.45, 7) is 0.0556. The Balaban J connectivity index is 1.61. The highest BCUT2D eigenvalue weighted by Crippen LogP contribution is 2.41. The first kappa shape index (κ1) is 23.0. The molecular formula is C29H21FN2O4. The van der Waals surface area contributed by atoms with Crippen LogP contribution in [0.4, 0.5) is 4.39 Å². The lowest BCUT2D eigenvalue weighted by Gasteiger charge is -2.25. The number of amides is 1. The van der Waals surface area contributed by atoms with Gasteiger partial charge in [-0.2, -0.15) is 0 Å². The lowest BCUT2D eigenvalue weighted by atomic mass is 9.95. The second-order valence-electron chi connectivity index (χ2n) is 8.24. The normalized spacial score (nSPS) is 16.8. The van der Waals surface area contributed by atoms with Crippen LogP contribution in [0.15, 0.2) is 109 Å². The number of pyridine rings is 1. The average Bonchev–Trinajstić information content (AvgIpc) is 3.15. The van der Waals surface area contributed by atoms with Gasteiger partial charge in [0.1, 0.15) is 23.1 Å². The number of ketones is 1. The topological polar surface area (TPSA) is 79.7 Å². The molecule has 1 unspecified atom stereocenters. The molecule has 0 spiro atoms. The fraction of sp³-hybridized carbons (Fsp3) is 0.0690. The number of Topliss-reactive ketones (excluding diaryl/α,β-unsaturated/α-hetero) is 1. The van der Waals surface area contributed by atoms with Crippen LogP contribution in [-0.2, 0) is 16.1 Å². The molecule has 1 atom stereocenters. The maximum atomic E-state index is 13.5. The maximum Gasteiger partial charge on any atom is 0.296 e. The minimum absolute atomic E-state index is 0.0556. The van der Waals surface area contributed by atoms with Crippen molar-refractivity contribution in [2.75, 3.05) is 0 Å². The highest BCUT2D eigenvalue weighted by molar-refractivity contribution is 6.46. The third-order valence-corrected chi connectivity index (χ3v) is 5.87. The number of aliphatic hydroxyl groups is 1. The van der Waals surface area contributed by atoms with Gasteiger partial charge in [-0.1, -0.05) is 36.4 Å². The molecule has 2 heterocycles. The first-order valence-corrected chi connectivity index (χ1v) is 11.3. The van der Waals surface area contributed by atoms with Crippen molar-refractivity contribution in [3.05, 3.63) is 131 Å². The zero-order valence-electron chi connectivity index (χ0n) is 19.0. The van der Waals surface area contributed by atoms with E-state index in [0.29, 0.717) is 22.8 Å². The molecule has 1 amide bonds. The lowest BCUT2D eigenvalue weighted by Crippen LogP contribution is -2.29. The van der Waals surface area contributed by atoms with Gasteiger partial charge in [-0.25, -0.2) is 4.39 Å². The van der Waals surface area contributed by atoms with E-state index in [0.717, 1.165) is 0 Å². The van der Waals surface area contributed by atoms with E-state index in [2.05, 4.69) is 4.98 Å². The predicted molar refractivity (Wildman–Crippen MR) is 131 cm³/mol. The van der Waals surface area contributed by atoms with Crippen LogP contribution in [0.25, 0.3) is 5.76 Å². The number of aliphatic hydroxyl groups excluding tert-OH is 1. The van der Waals surface area contributed by atoms with E-state index in [1.807, 2.05) is 30.3 Å². The molecule has 0 radical (unpaired) electrons. The minimum atomic E-state index is -0.906. The van der Waals surface area contributed by atoms with Gasteiger partial charge in [-0.3, -0.25) is 14.6 Å². The number of para-hydroxylation sites is 1. The van der Waals surface area contributed by atoms with Gasteiger partial charge in [0.25, 0.3) is 11.7 Å². The van der Waals surface area contributed by atoms with Gasteiger partial charge in [0.2, 0.25) is 0 Å². The number of hydrogen-bond donors (Lipinski definition) is 1. The summed E-state index contributed by atoms with van der Waals surface area (Å²) in [6, 6.07) is 25.7. The van der Waals surface area contributed by atoms with Crippen molar-refractivity contribution in [3.63, 3.8) is 0 Å². The van der Waals surface area contributed by atoms with Crippen molar-refractivity contribution in [2.45, 2.75) is 12.6 Å². The fourth-order valence-corrected chi connectivity index (χ4v) is 4.19. The van der Waals surface area contributed by atoms with Crippen molar-refractivity contribution in [3.8, 4) is 11.5 Å². The number of nitrogens with zero attached hydrogens (tertiary/aromatic N) is 2. The van der Waals surface area contributed by atoms with Crippen molar-refractivity contribution in [1.82, 2.24) is 9.88 Å². The van der Waals surface area contributed by atoms with Crippen LogP contribution in [0.2, 0.25) is 0 Å². The third-order valence-electron chi connectivity index (χ3n) is 5.87. The van der Waals surface area contributed by atoms with Gasteiger partial charge in [-0.05, 0) is 66.2 Å². The highest BCUT2D eigenvalue weighted by Gasteiger charge is 2.46. The molecule has 5 rings (SSSR count). The van der Waals surface area contributed by atoms with E-state index in [1.165, 1.54) is 29.2 Å². The monoisotopic (exact) mass is 480 g/mol. The molecule has 6 nitrogen and oxygen atoms in total. The Labute approximate surface area is 206 Å². The number of halogens is 1. The van der Waals surface area contributed by atoms with Crippen LogP contribution >= 0.6 is 0 Å². The molecule has 1 aliphatic heterocycles.